The van der Waals surface area contributed by atoms with E-state index in [2.05, 4.69) is 36.5 Å². The van der Waals surface area contributed by atoms with Gasteiger partial charge in [0.05, 0.1) is 0 Å². The Kier molecular flexibility index (Phi) is 6.32. The lowest BCUT2D eigenvalue weighted by Gasteiger charge is -2.23. The van der Waals surface area contributed by atoms with Gasteiger partial charge in [-0.25, -0.2) is 0 Å². The molecule has 3 nitrogen and oxygen atoms in total. The van der Waals surface area contributed by atoms with Crippen molar-refractivity contribution in [2.75, 3.05) is 20.1 Å². The second kappa shape index (κ2) is 7.51. The molecule has 1 aliphatic heterocycles. The first kappa shape index (κ1) is 16.0. The van der Waals surface area contributed by atoms with Crippen LogP contribution in [0.25, 0.3) is 0 Å². The van der Waals surface area contributed by atoms with Crippen LogP contribution in [0.3, 0.4) is 0 Å². The zero-order valence-corrected chi connectivity index (χ0v) is 12.5. The Bertz CT molecular complexity index is 399. The summed E-state index contributed by atoms with van der Waals surface area (Å²) >= 11 is 0. The van der Waals surface area contributed by atoms with Crippen LogP contribution in [0.1, 0.15) is 24.0 Å². The van der Waals surface area contributed by atoms with E-state index in [-0.39, 0.29) is 18.3 Å². The number of benzene rings is 1. The molecule has 1 unspecified atom stereocenters. The monoisotopic (exact) mass is 282 g/mol. The third-order valence-electron chi connectivity index (χ3n) is 3.72. The Morgan fingerprint density at radius 2 is 2.05 bits per heavy atom. The van der Waals surface area contributed by atoms with Crippen LogP contribution in [-0.2, 0) is 11.2 Å². The van der Waals surface area contributed by atoms with Gasteiger partial charge in [0.25, 0.3) is 0 Å². The lowest BCUT2D eigenvalue weighted by Crippen LogP contribution is -2.38. The highest BCUT2D eigenvalue weighted by Crippen LogP contribution is 2.10. The van der Waals surface area contributed by atoms with E-state index in [0.29, 0.717) is 12.5 Å². The third-order valence-corrected chi connectivity index (χ3v) is 3.72. The maximum atomic E-state index is 12.1. The minimum Gasteiger partial charge on any atom is -0.341 e. The molecule has 1 N–H and O–H groups in total. The number of hydrogen-bond acceptors (Lipinski definition) is 2. The van der Waals surface area contributed by atoms with Crippen molar-refractivity contribution in [2.45, 2.75) is 32.2 Å². The van der Waals surface area contributed by atoms with E-state index in [1.165, 1.54) is 11.1 Å². The molecule has 1 fully saturated rings. The van der Waals surface area contributed by atoms with Crippen LogP contribution in [0.4, 0.5) is 0 Å². The van der Waals surface area contributed by atoms with Crippen LogP contribution in [0.15, 0.2) is 24.3 Å². The van der Waals surface area contributed by atoms with E-state index in [0.717, 1.165) is 25.9 Å². The van der Waals surface area contributed by atoms with Crippen molar-refractivity contribution in [3.63, 3.8) is 0 Å². The van der Waals surface area contributed by atoms with E-state index in [4.69, 9.17) is 0 Å². The minimum atomic E-state index is 0. The third kappa shape index (κ3) is 4.51. The fraction of sp³-hybridized carbons (Fsp3) is 0.533. The molecule has 0 bridgehead atoms. The number of likely N-dealkylation sites (N-methyl/N-ethyl adjacent to an activating group) is 1. The van der Waals surface area contributed by atoms with Crippen LogP contribution in [0, 0.1) is 6.92 Å². The molecule has 0 aliphatic carbocycles. The molecule has 106 valence electrons. The van der Waals surface area contributed by atoms with Crippen LogP contribution in [0.2, 0.25) is 0 Å². The molecule has 0 radical (unpaired) electrons. The number of amides is 1. The van der Waals surface area contributed by atoms with Crippen LogP contribution < -0.4 is 5.32 Å². The second-order valence-corrected chi connectivity index (χ2v) is 5.14. The fourth-order valence-corrected chi connectivity index (χ4v) is 2.36. The summed E-state index contributed by atoms with van der Waals surface area (Å²) in [5.74, 6) is 0.254. The highest BCUT2D eigenvalue weighted by atomic mass is 35.5. The van der Waals surface area contributed by atoms with Crippen molar-refractivity contribution < 1.29 is 4.79 Å². The first-order chi connectivity index (χ1) is 8.66. The first-order valence-electron chi connectivity index (χ1n) is 6.69. The van der Waals surface area contributed by atoms with Gasteiger partial charge in [-0.15, -0.1) is 12.4 Å². The first-order valence-corrected chi connectivity index (χ1v) is 6.69. The molecule has 1 saturated heterocycles. The quantitative estimate of drug-likeness (QED) is 0.918. The molecular weight excluding hydrogens is 260 g/mol. The van der Waals surface area contributed by atoms with Gasteiger partial charge in [0, 0.05) is 26.1 Å². The summed E-state index contributed by atoms with van der Waals surface area (Å²) in [6.07, 6.45) is 2.52. The summed E-state index contributed by atoms with van der Waals surface area (Å²) in [6.45, 7) is 4.04. The molecule has 1 heterocycles. The van der Waals surface area contributed by atoms with E-state index in [1.807, 2.05) is 11.9 Å². The molecule has 0 aromatic heterocycles. The van der Waals surface area contributed by atoms with Crippen molar-refractivity contribution in [3.8, 4) is 0 Å². The van der Waals surface area contributed by atoms with E-state index < -0.39 is 0 Å². The molecule has 2 rings (SSSR count). The minimum absolute atomic E-state index is 0. The Hall–Kier alpha value is -1.06. The molecule has 0 spiro atoms. The van der Waals surface area contributed by atoms with Crippen LogP contribution in [-0.4, -0.2) is 37.0 Å². The number of rotatable bonds is 4. The lowest BCUT2D eigenvalue weighted by molar-refractivity contribution is -0.131. The van der Waals surface area contributed by atoms with Crippen molar-refractivity contribution in [1.29, 1.82) is 0 Å². The standard InChI is InChI=1S/C15H22N2O.ClH/c1-12-3-5-13(6-4-12)7-8-15(18)17(2)14-9-10-16-11-14;/h3-6,14,16H,7-11H2,1-2H3;1H. The topological polar surface area (TPSA) is 32.3 Å². The van der Waals surface area contributed by atoms with Crippen molar-refractivity contribution in [1.82, 2.24) is 10.2 Å². The van der Waals surface area contributed by atoms with Gasteiger partial charge in [0.15, 0.2) is 0 Å². The molecule has 1 aromatic carbocycles. The fourth-order valence-electron chi connectivity index (χ4n) is 2.36. The summed E-state index contributed by atoms with van der Waals surface area (Å²) in [7, 11) is 1.93. The van der Waals surface area contributed by atoms with Gasteiger partial charge in [-0.1, -0.05) is 29.8 Å². The Morgan fingerprint density at radius 3 is 2.63 bits per heavy atom. The van der Waals surface area contributed by atoms with Gasteiger partial charge in [-0.05, 0) is 31.9 Å². The maximum Gasteiger partial charge on any atom is 0.222 e. The van der Waals surface area contributed by atoms with E-state index in [9.17, 15) is 4.79 Å². The predicted octanol–water partition coefficient (Wildman–Crippen LogP) is 2.17. The molecule has 19 heavy (non-hydrogen) atoms. The van der Waals surface area contributed by atoms with Gasteiger partial charge < -0.3 is 10.2 Å². The summed E-state index contributed by atoms with van der Waals surface area (Å²) in [5.41, 5.74) is 2.51. The molecule has 1 amide bonds. The zero-order chi connectivity index (χ0) is 13.0. The summed E-state index contributed by atoms with van der Waals surface area (Å²) in [6, 6.07) is 8.81. The molecule has 1 atom stereocenters. The molecule has 4 heteroatoms. The van der Waals surface area contributed by atoms with Crippen molar-refractivity contribution in [2.24, 2.45) is 0 Å². The molecule has 1 aromatic rings. The number of aryl methyl sites for hydroxylation is 2. The van der Waals surface area contributed by atoms with E-state index >= 15 is 0 Å². The summed E-state index contributed by atoms with van der Waals surface area (Å²) in [5, 5.41) is 3.29. The van der Waals surface area contributed by atoms with Gasteiger partial charge in [-0.2, -0.15) is 0 Å². The predicted molar refractivity (Wildman–Crippen MR) is 80.8 cm³/mol. The highest BCUT2D eigenvalue weighted by molar-refractivity contribution is 5.85. The Morgan fingerprint density at radius 1 is 1.37 bits per heavy atom. The average Bonchev–Trinajstić information content (AvgIpc) is 2.90. The number of nitrogens with one attached hydrogen (secondary N) is 1. The SMILES string of the molecule is Cc1ccc(CCC(=O)N(C)C2CCNC2)cc1.Cl. The number of carbonyl (C=O) groups is 1. The number of hydrogen-bond donors (Lipinski definition) is 1. The summed E-state index contributed by atoms with van der Waals surface area (Å²) in [4.78, 5) is 14.0. The van der Waals surface area contributed by atoms with Gasteiger partial charge >= 0.3 is 0 Å². The zero-order valence-electron chi connectivity index (χ0n) is 11.7. The number of nitrogens with zero attached hydrogens (tertiary/aromatic N) is 1. The number of halogens is 1. The largest absolute Gasteiger partial charge is 0.341 e. The smallest absolute Gasteiger partial charge is 0.222 e. The van der Waals surface area contributed by atoms with Gasteiger partial charge in [0.1, 0.15) is 0 Å². The van der Waals surface area contributed by atoms with Crippen molar-refractivity contribution in [3.05, 3.63) is 35.4 Å². The Labute approximate surface area is 121 Å². The normalized spacial score (nSPS) is 17.9. The molecular formula is C15H23ClN2O. The van der Waals surface area contributed by atoms with Crippen LogP contribution >= 0.6 is 12.4 Å². The molecule has 1 aliphatic rings. The second-order valence-electron chi connectivity index (χ2n) is 5.14. The van der Waals surface area contributed by atoms with Crippen molar-refractivity contribution >= 4 is 18.3 Å². The van der Waals surface area contributed by atoms with Gasteiger partial charge in [0.2, 0.25) is 5.91 Å². The van der Waals surface area contributed by atoms with Gasteiger partial charge in [-0.3, -0.25) is 4.79 Å². The summed E-state index contributed by atoms with van der Waals surface area (Å²) < 4.78 is 0. The average molecular weight is 283 g/mol. The maximum absolute atomic E-state index is 12.1. The molecule has 0 saturated carbocycles. The van der Waals surface area contributed by atoms with Crippen LogP contribution in [0.5, 0.6) is 0 Å². The Balaban J connectivity index is 0.00000180. The highest BCUT2D eigenvalue weighted by Gasteiger charge is 2.22. The number of carbonyl (C=O) groups excluding carboxylic acids is 1. The lowest BCUT2D eigenvalue weighted by atomic mass is 10.1. The van der Waals surface area contributed by atoms with E-state index in [1.54, 1.807) is 0 Å².